The first kappa shape index (κ1) is 23.5. The van der Waals surface area contributed by atoms with Crippen LogP contribution < -0.4 is 0 Å². The molecule has 0 saturated heterocycles. The van der Waals surface area contributed by atoms with Gasteiger partial charge in [0.15, 0.2) is 11.6 Å². The quantitative estimate of drug-likeness (QED) is 0.137. The second-order valence-corrected chi connectivity index (χ2v) is 8.08. The summed E-state index contributed by atoms with van der Waals surface area (Å²) in [6.07, 6.45) is 5.42. The van der Waals surface area contributed by atoms with Crippen LogP contribution in [0.2, 0.25) is 0 Å². The maximum Gasteiger partial charge on any atom is 0.175 e. The number of hydrogen-bond acceptors (Lipinski definition) is 4. The van der Waals surface area contributed by atoms with Gasteiger partial charge in [0.1, 0.15) is 0 Å². The Morgan fingerprint density at radius 3 is 2.38 bits per heavy atom. The minimum absolute atomic E-state index is 0. The molecular weight excluding hydrogens is 603 g/mol. The van der Waals surface area contributed by atoms with Crippen molar-refractivity contribution in [3.8, 4) is 22.4 Å². The maximum atomic E-state index is 12.8. The molecule has 4 nitrogen and oxygen atoms in total. The van der Waals surface area contributed by atoms with Crippen molar-refractivity contribution in [2.24, 2.45) is 0 Å². The Labute approximate surface area is 211 Å². The molecular formula is C29H20IrNO3-. The summed E-state index contributed by atoms with van der Waals surface area (Å²) in [7, 11) is 0. The van der Waals surface area contributed by atoms with Crippen LogP contribution in [0.1, 0.15) is 40.9 Å². The van der Waals surface area contributed by atoms with Crippen LogP contribution in [0.4, 0.5) is 0 Å². The van der Waals surface area contributed by atoms with E-state index in [0.717, 1.165) is 39.0 Å². The molecule has 2 aliphatic rings. The fourth-order valence-corrected chi connectivity index (χ4v) is 4.43. The molecule has 0 unspecified atom stereocenters. The van der Waals surface area contributed by atoms with Crippen LogP contribution in [0.25, 0.3) is 45.4 Å². The number of rotatable bonds is 2. The van der Waals surface area contributed by atoms with Crippen LogP contribution >= 0.6 is 0 Å². The number of allylic oxidation sites excluding steroid dienone is 2. The average Bonchev–Trinajstić information content (AvgIpc) is 3.34. The van der Waals surface area contributed by atoms with E-state index in [2.05, 4.69) is 30.4 Å². The Hall–Kier alpha value is -3.66. The van der Waals surface area contributed by atoms with E-state index in [1.54, 1.807) is 0 Å². The third kappa shape index (κ3) is 4.05. The molecule has 0 bridgehead atoms. The summed E-state index contributed by atoms with van der Waals surface area (Å²) < 4.78 is 0. The normalized spacial score (nSPS) is 12.5. The molecule has 6 rings (SSSR count). The van der Waals surface area contributed by atoms with Gasteiger partial charge in [-0.1, -0.05) is 65.7 Å². The van der Waals surface area contributed by atoms with Crippen LogP contribution in [-0.2, 0) is 24.9 Å². The zero-order valence-corrected chi connectivity index (χ0v) is 20.9. The molecule has 0 amide bonds. The Kier molecular flexibility index (Phi) is 6.43. The number of aliphatic hydroxyl groups is 1. The summed E-state index contributed by atoms with van der Waals surface area (Å²) >= 11 is 0. The van der Waals surface area contributed by atoms with E-state index < -0.39 is 0 Å². The van der Waals surface area contributed by atoms with Crippen molar-refractivity contribution < 1.29 is 34.8 Å². The predicted molar refractivity (Wildman–Crippen MR) is 131 cm³/mol. The number of ketones is 2. The summed E-state index contributed by atoms with van der Waals surface area (Å²) in [5.41, 5.74) is 8.53. The number of fused-ring (bicyclic) bond motifs is 3. The van der Waals surface area contributed by atoms with E-state index >= 15 is 0 Å². The molecule has 169 valence electrons. The van der Waals surface area contributed by atoms with Crippen LogP contribution in [0.5, 0.6) is 0 Å². The molecule has 0 fully saturated rings. The monoisotopic (exact) mass is 623 g/mol. The fourth-order valence-electron chi connectivity index (χ4n) is 4.43. The average molecular weight is 623 g/mol. The van der Waals surface area contributed by atoms with Crippen LogP contribution in [0.15, 0.2) is 72.5 Å². The first-order valence-corrected chi connectivity index (χ1v) is 10.6. The van der Waals surface area contributed by atoms with Gasteiger partial charge in [0, 0.05) is 37.1 Å². The number of carbonyl (C=O) groups is 2. The largest absolute Gasteiger partial charge is 0.512 e. The van der Waals surface area contributed by atoms with Crippen molar-refractivity contribution in [1.29, 1.82) is 0 Å². The number of aliphatic hydroxyl groups excluding tert-OH is 1. The van der Waals surface area contributed by atoms with E-state index in [0.29, 0.717) is 0 Å². The van der Waals surface area contributed by atoms with Gasteiger partial charge in [-0.05, 0) is 42.3 Å². The second kappa shape index (κ2) is 9.30. The van der Waals surface area contributed by atoms with E-state index in [1.807, 2.05) is 48.5 Å². The van der Waals surface area contributed by atoms with Crippen molar-refractivity contribution in [3.05, 3.63) is 101 Å². The molecule has 0 aliphatic heterocycles. The number of carbonyl (C=O) groups excluding carboxylic acids is 2. The minimum Gasteiger partial charge on any atom is -0.512 e. The number of aromatic nitrogens is 1. The van der Waals surface area contributed by atoms with Gasteiger partial charge in [-0.2, -0.15) is 0 Å². The van der Waals surface area contributed by atoms with E-state index in [4.69, 9.17) is 10.1 Å². The number of benzene rings is 3. The van der Waals surface area contributed by atoms with Gasteiger partial charge in [0.05, 0.1) is 11.3 Å². The Balaban J connectivity index is 0.000000303. The van der Waals surface area contributed by atoms with Crippen molar-refractivity contribution in [2.45, 2.75) is 13.8 Å². The van der Waals surface area contributed by atoms with Gasteiger partial charge >= 0.3 is 0 Å². The summed E-state index contributed by atoms with van der Waals surface area (Å²) in [6.45, 7) is 2.85. The molecule has 1 aromatic heterocycles. The molecule has 0 spiro atoms. The Morgan fingerprint density at radius 2 is 1.68 bits per heavy atom. The number of pyridine rings is 1. The van der Waals surface area contributed by atoms with Crippen molar-refractivity contribution in [3.63, 3.8) is 0 Å². The van der Waals surface area contributed by atoms with Gasteiger partial charge in [-0.25, -0.2) is 0 Å². The molecule has 4 aromatic rings. The molecule has 3 aromatic carbocycles. The molecule has 5 heteroatoms. The summed E-state index contributed by atoms with van der Waals surface area (Å²) in [5.74, 6) is 0.0193. The maximum absolute atomic E-state index is 12.8. The third-order valence-corrected chi connectivity index (χ3v) is 5.69. The first-order valence-electron chi connectivity index (χ1n) is 10.6. The van der Waals surface area contributed by atoms with Crippen molar-refractivity contribution >= 4 is 34.6 Å². The molecule has 1 N–H and O–H groups in total. The van der Waals surface area contributed by atoms with Gasteiger partial charge in [-0.15, -0.1) is 23.8 Å². The summed E-state index contributed by atoms with van der Waals surface area (Å²) in [5, 5.41) is 9.56. The number of nitrogens with zero attached hydrogens (tertiary/aromatic N) is 1. The molecule has 34 heavy (non-hydrogen) atoms. The van der Waals surface area contributed by atoms with E-state index in [1.165, 1.54) is 36.4 Å². The van der Waals surface area contributed by atoms with Crippen LogP contribution in [0.3, 0.4) is 0 Å². The number of hydrogen-bond donors (Lipinski definition) is 1. The third-order valence-electron chi connectivity index (χ3n) is 5.69. The van der Waals surface area contributed by atoms with Crippen molar-refractivity contribution in [1.82, 2.24) is 4.98 Å². The SMILES string of the molecule is CC(=O)C=C(C)O.O=C1c2ccccc2-c2c(-c3cc4c5c(cccc5n3)C=C4)[c-]ccc21.[Ir]. The minimum atomic E-state index is -0.125. The van der Waals surface area contributed by atoms with E-state index in [9.17, 15) is 9.59 Å². The molecule has 0 saturated carbocycles. The zero-order chi connectivity index (χ0) is 23.1. The van der Waals surface area contributed by atoms with Crippen LogP contribution in [-0.4, -0.2) is 21.7 Å². The second-order valence-electron chi connectivity index (χ2n) is 8.08. The summed E-state index contributed by atoms with van der Waals surface area (Å²) in [6, 6.07) is 23.1. The van der Waals surface area contributed by atoms with Gasteiger partial charge in [0.25, 0.3) is 0 Å². The first-order chi connectivity index (χ1) is 15.9. The van der Waals surface area contributed by atoms with Gasteiger partial charge in [-0.3, -0.25) is 14.6 Å². The summed E-state index contributed by atoms with van der Waals surface area (Å²) in [4.78, 5) is 27.7. The Bertz CT molecular complexity index is 1530. The smallest absolute Gasteiger partial charge is 0.175 e. The molecule has 1 heterocycles. The van der Waals surface area contributed by atoms with Crippen LogP contribution in [0, 0.1) is 6.07 Å². The molecule has 0 atom stereocenters. The zero-order valence-electron chi connectivity index (χ0n) is 18.5. The molecule has 2 aliphatic carbocycles. The van der Waals surface area contributed by atoms with E-state index in [-0.39, 0.29) is 37.4 Å². The predicted octanol–water partition coefficient (Wildman–Crippen LogP) is 6.43. The topological polar surface area (TPSA) is 67.3 Å². The van der Waals surface area contributed by atoms with Gasteiger partial charge in [0.2, 0.25) is 0 Å². The standard InChI is InChI=1S/C24H12NO.C5H8O2.Ir/c26-24-17-7-2-1-6-16(17)23-18(8-4-9-19(23)24)21-13-15-12-11-14-5-3-10-20(25-21)22(14)15;1-4(6)3-5(2)7;/h1-7,9-13H;3,6H,1-2H3;/q-1;;. The molecule has 1 radical (unpaired) electrons. The van der Waals surface area contributed by atoms with Crippen molar-refractivity contribution in [2.75, 3.05) is 0 Å². The fraction of sp³-hybridized carbons (Fsp3) is 0.0690. The Morgan fingerprint density at radius 1 is 0.941 bits per heavy atom. The van der Waals surface area contributed by atoms with Gasteiger partial charge < -0.3 is 5.11 Å².